The van der Waals surface area contributed by atoms with Crippen LogP contribution in [0.2, 0.25) is 0 Å². The van der Waals surface area contributed by atoms with Crippen molar-refractivity contribution in [2.24, 2.45) is 5.73 Å². The Balaban J connectivity index is 3.07. The number of nitrogens with two attached hydrogens (primary N) is 1. The van der Waals surface area contributed by atoms with Crippen molar-refractivity contribution in [2.75, 3.05) is 19.7 Å². The van der Waals surface area contributed by atoms with Crippen molar-refractivity contribution in [3.63, 3.8) is 0 Å². The molecule has 0 radical (unpaired) electrons. The highest BCUT2D eigenvalue weighted by molar-refractivity contribution is 7.89. The molecular formula is C13H22N2O3S. The Morgan fingerprint density at radius 3 is 2.63 bits per heavy atom. The van der Waals surface area contributed by atoms with Crippen LogP contribution < -0.4 is 5.73 Å². The smallest absolute Gasteiger partial charge is 0.243 e. The molecule has 0 fully saturated rings. The molecule has 0 spiro atoms. The van der Waals surface area contributed by atoms with E-state index in [1.54, 1.807) is 25.1 Å². The largest absolute Gasteiger partial charge is 0.396 e. The average molecular weight is 286 g/mol. The molecule has 0 aliphatic rings. The molecule has 1 unspecified atom stereocenters. The Hall–Kier alpha value is -0.950. The summed E-state index contributed by atoms with van der Waals surface area (Å²) in [5.41, 5.74) is 6.56. The molecule has 1 atom stereocenters. The van der Waals surface area contributed by atoms with E-state index in [-0.39, 0.29) is 17.5 Å². The van der Waals surface area contributed by atoms with Crippen molar-refractivity contribution in [1.82, 2.24) is 4.31 Å². The zero-order valence-corrected chi connectivity index (χ0v) is 12.2. The van der Waals surface area contributed by atoms with E-state index >= 15 is 0 Å². The van der Waals surface area contributed by atoms with Crippen LogP contribution in [0, 0.1) is 0 Å². The van der Waals surface area contributed by atoms with Crippen LogP contribution >= 0.6 is 0 Å². The minimum atomic E-state index is -3.51. The molecule has 1 aromatic carbocycles. The molecule has 0 amide bonds. The Bertz CT molecular complexity index is 500. The number of hydrogen-bond donors (Lipinski definition) is 2. The van der Waals surface area contributed by atoms with E-state index in [0.717, 1.165) is 5.56 Å². The second kappa shape index (κ2) is 7.00. The van der Waals surface area contributed by atoms with Crippen LogP contribution in [-0.2, 0) is 10.0 Å². The first-order valence-corrected chi connectivity index (χ1v) is 7.84. The summed E-state index contributed by atoms with van der Waals surface area (Å²) in [6.45, 7) is 4.27. The van der Waals surface area contributed by atoms with Crippen LogP contribution in [0.3, 0.4) is 0 Å². The number of rotatable bonds is 7. The lowest BCUT2D eigenvalue weighted by Gasteiger charge is -2.20. The Morgan fingerprint density at radius 1 is 1.42 bits per heavy atom. The number of aliphatic hydroxyl groups excluding tert-OH is 1. The molecular weight excluding hydrogens is 264 g/mol. The lowest BCUT2D eigenvalue weighted by atomic mass is 10.1. The zero-order valence-electron chi connectivity index (χ0n) is 11.4. The van der Waals surface area contributed by atoms with Gasteiger partial charge in [0.2, 0.25) is 10.0 Å². The summed E-state index contributed by atoms with van der Waals surface area (Å²) < 4.78 is 26.3. The van der Waals surface area contributed by atoms with Crippen molar-refractivity contribution in [2.45, 2.75) is 31.2 Å². The minimum absolute atomic E-state index is 0.0219. The van der Waals surface area contributed by atoms with E-state index in [1.807, 2.05) is 13.0 Å². The van der Waals surface area contributed by atoms with Crippen molar-refractivity contribution in [3.05, 3.63) is 29.8 Å². The van der Waals surface area contributed by atoms with Gasteiger partial charge in [-0.1, -0.05) is 19.1 Å². The van der Waals surface area contributed by atoms with Crippen molar-refractivity contribution >= 4 is 10.0 Å². The fourth-order valence-electron chi connectivity index (χ4n) is 1.80. The van der Waals surface area contributed by atoms with Gasteiger partial charge in [-0.2, -0.15) is 4.31 Å². The standard InChI is InChI=1S/C13H22N2O3S/c1-3-15(8-5-9-16)19(17,18)13-7-4-6-12(10-13)11(2)14/h4,6-7,10-11,16H,3,5,8-9,14H2,1-2H3. The Morgan fingerprint density at radius 2 is 2.11 bits per heavy atom. The molecule has 108 valence electrons. The number of hydrogen-bond acceptors (Lipinski definition) is 4. The first-order chi connectivity index (χ1) is 8.93. The van der Waals surface area contributed by atoms with Crippen LogP contribution in [0.15, 0.2) is 29.2 Å². The molecule has 5 nitrogen and oxygen atoms in total. The summed E-state index contributed by atoms with van der Waals surface area (Å²) >= 11 is 0. The predicted octanol–water partition coefficient (Wildman–Crippen LogP) is 1.10. The Kier molecular flexibility index (Phi) is 5.93. The summed E-state index contributed by atoms with van der Waals surface area (Å²) in [6, 6.07) is 6.49. The number of nitrogens with zero attached hydrogens (tertiary/aromatic N) is 1. The second-order valence-corrected chi connectivity index (χ2v) is 6.37. The minimum Gasteiger partial charge on any atom is -0.396 e. The average Bonchev–Trinajstić information content (AvgIpc) is 2.39. The van der Waals surface area contributed by atoms with E-state index in [9.17, 15) is 8.42 Å². The number of sulfonamides is 1. The van der Waals surface area contributed by atoms with E-state index in [0.29, 0.717) is 19.5 Å². The normalized spacial score (nSPS) is 13.7. The van der Waals surface area contributed by atoms with Gasteiger partial charge in [-0.3, -0.25) is 0 Å². The van der Waals surface area contributed by atoms with Gasteiger partial charge in [0.25, 0.3) is 0 Å². The summed E-state index contributed by atoms with van der Waals surface area (Å²) in [5.74, 6) is 0. The molecule has 0 saturated heterocycles. The summed E-state index contributed by atoms with van der Waals surface area (Å²) in [6.07, 6.45) is 0.431. The van der Waals surface area contributed by atoms with Gasteiger partial charge in [-0.05, 0) is 31.0 Å². The molecule has 0 heterocycles. The van der Waals surface area contributed by atoms with E-state index in [1.165, 1.54) is 4.31 Å². The molecule has 3 N–H and O–H groups in total. The highest BCUT2D eigenvalue weighted by atomic mass is 32.2. The number of aliphatic hydroxyl groups is 1. The lowest BCUT2D eigenvalue weighted by Crippen LogP contribution is -2.32. The molecule has 0 bridgehead atoms. The number of benzene rings is 1. The van der Waals surface area contributed by atoms with Gasteiger partial charge < -0.3 is 10.8 Å². The van der Waals surface area contributed by atoms with Gasteiger partial charge in [0.1, 0.15) is 0 Å². The van der Waals surface area contributed by atoms with Gasteiger partial charge in [0.05, 0.1) is 4.90 Å². The fraction of sp³-hybridized carbons (Fsp3) is 0.538. The molecule has 0 saturated carbocycles. The Labute approximate surface area is 115 Å². The molecule has 6 heteroatoms. The first-order valence-electron chi connectivity index (χ1n) is 6.40. The molecule has 1 aromatic rings. The predicted molar refractivity (Wildman–Crippen MR) is 75.2 cm³/mol. The SMILES string of the molecule is CCN(CCCO)S(=O)(=O)c1cccc(C(C)N)c1. The molecule has 0 aliphatic heterocycles. The summed E-state index contributed by atoms with van der Waals surface area (Å²) in [5, 5.41) is 8.83. The van der Waals surface area contributed by atoms with E-state index in [2.05, 4.69) is 0 Å². The summed E-state index contributed by atoms with van der Waals surface area (Å²) in [7, 11) is -3.51. The van der Waals surface area contributed by atoms with Crippen molar-refractivity contribution in [1.29, 1.82) is 0 Å². The third kappa shape index (κ3) is 4.01. The highest BCUT2D eigenvalue weighted by Crippen LogP contribution is 2.19. The first kappa shape index (κ1) is 16.1. The molecule has 0 aliphatic carbocycles. The molecule has 19 heavy (non-hydrogen) atoms. The maximum absolute atomic E-state index is 12.4. The van der Waals surface area contributed by atoms with Gasteiger partial charge in [0, 0.05) is 25.7 Å². The van der Waals surface area contributed by atoms with Crippen LogP contribution in [0.25, 0.3) is 0 Å². The quantitative estimate of drug-likeness (QED) is 0.786. The van der Waals surface area contributed by atoms with Crippen LogP contribution in [-0.4, -0.2) is 37.5 Å². The third-order valence-electron chi connectivity index (χ3n) is 2.94. The third-order valence-corrected chi connectivity index (χ3v) is 4.91. The summed E-state index contributed by atoms with van der Waals surface area (Å²) in [4.78, 5) is 0.252. The van der Waals surface area contributed by atoms with E-state index < -0.39 is 10.0 Å². The van der Waals surface area contributed by atoms with Crippen molar-refractivity contribution in [3.8, 4) is 0 Å². The van der Waals surface area contributed by atoms with E-state index in [4.69, 9.17) is 10.8 Å². The van der Waals surface area contributed by atoms with Gasteiger partial charge in [0.15, 0.2) is 0 Å². The monoisotopic (exact) mass is 286 g/mol. The maximum Gasteiger partial charge on any atom is 0.243 e. The zero-order chi connectivity index (χ0) is 14.5. The lowest BCUT2D eigenvalue weighted by molar-refractivity contribution is 0.271. The van der Waals surface area contributed by atoms with Crippen LogP contribution in [0.4, 0.5) is 0 Å². The maximum atomic E-state index is 12.4. The molecule has 0 aromatic heterocycles. The van der Waals surface area contributed by atoms with Crippen LogP contribution in [0.1, 0.15) is 31.9 Å². The highest BCUT2D eigenvalue weighted by Gasteiger charge is 2.22. The molecule has 1 rings (SSSR count). The van der Waals surface area contributed by atoms with Gasteiger partial charge in [-0.25, -0.2) is 8.42 Å². The van der Waals surface area contributed by atoms with Gasteiger partial charge in [-0.15, -0.1) is 0 Å². The van der Waals surface area contributed by atoms with Gasteiger partial charge >= 0.3 is 0 Å². The van der Waals surface area contributed by atoms with Crippen LogP contribution in [0.5, 0.6) is 0 Å². The topological polar surface area (TPSA) is 83.6 Å². The second-order valence-electron chi connectivity index (χ2n) is 4.44. The van der Waals surface area contributed by atoms with Crippen molar-refractivity contribution < 1.29 is 13.5 Å². The fourth-order valence-corrected chi connectivity index (χ4v) is 3.35.